The third-order valence-electron chi connectivity index (χ3n) is 7.48. The molecule has 2 aromatic heterocycles. The fourth-order valence-corrected chi connectivity index (χ4v) is 5.47. The van der Waals surface area contributed by atoms with Crippen LogP contribution in [0.3, 0.4) is 0 Å². The van der Waals surface area contributed by atoms with Crippen molar-refractivity contribution in [1.82, 2.24) is 9.55 Å². The van der Waals surface area contributed by atoms with Crippen molar-refractivity contribution in [2.45, 2.75) is 65.3 Å². The second kappa shape index (κ2) is 8.19. The molecule has 1 fully saturated rings. The Bertz CT molecular complexity index is 1280. The van der Waals surface area contributed by atoms with Gasteiger partial charge in [0.05, 0.1) is 30.6 Å². The SMILES string of the molecule is COc1ccc2nc3c(c(C)c2c1)Cn1c-3cc(C(=O)CCC2CCCCC2)c(C)c1=O. The van der Waals surface area contributed by atoms with Gasteiger partial charge in [0.15, 0.2) is 5.78 Å². The van der Waals surface area contributed by atoms with Crippen molar-refractivity contribution in [3.8, 4) is 17.1 Å². The number of carbonyl (C=O) groups excluding carboxylic acids is 1. The summed E-state index contributed by atoms with van der Waals surface area (Å²) in [6.45, 7) is 4.35. The number of ether oxygens (including phenoxy) is 1. The van der Waals surface area contributed by atoms with Crippen molar-refractivity contribution in [3.63, 3.8) is 0 Å². The lowest BCUT2D eigenvalue weighted by atomic mass is 9.85. The number of benzene rings is 1. The van der Waals surface area contributed by atoms with Gasteiger partial charge >= 0.3 is 0 Å². The molecule has 0 amide bonds. The van der Waals surface area contributed by atoms with Crippen molar-refractivity contribution >= 4 is 16.7 Å². The van der Waals surface area contributed by atoms with E-state index >= 15 is 0 Å². The van der Waals surface area contributed by atoms with Crippen LogP contribution in [0.25, 0.3) is 22.3 Å². The van der Waals surface area contributed by atoms with E-state index in [0.29, 0.717) is 30.0 Å². The first-order valence-corrected chi connectivity index (χ1v) is 11.7. The number of carbonyl (C=O) groups is 1. The molecule has 5 rings (SSSR count). The number of hydrogen-bond acceptors (Lipinski definition) is 4. The highest BCUT2D eigenvalue weighted by Gasteiger charge is 2.28. The van der Waals surface area contributed by atoms with E-state index in [0.717, 1.165) is 45.6 Å². The second-order valence-electron chi connectivity index (χ2n) is 9.37. The van der Waals surface area contributed by atoms with Crippen molar-refractivity contribution in [2.75, 3.05) is 7.11 Å². The molecule has 1 saturated carbocycles. The zero-order chi connectivity index (χ0) is 22.4. The van der Waals surface area contributed by atoms with Gasteiger partial charge in [-0.25, -0.2) is 4.98 Å². The van der Waals surface area contributed by atoms with Gasteiger partial charge in [-0.2, -0.15) is 0 Å². The lowest BCUT2D eigenvalue weighted by Crippen LogP contribution is -2.24. The van der Waals surface area contributed by atoms with E-state index in [4.69, 9.17) is 9.72 Å². The Hall–Kier alpha value is -2.95. The van der Waals surface area contributed by atoms with Crippen LogP contribution in [0.1, 0.15) is 72.0 Å². The maximum atomic E-state index is 13.2. The first kappa shape index (κ1) is 20.9. The van der Waals surface area contributed by atoms with Crippen LogP contribution in [-0.2, 0) is 6.54 Å². The van der Waals surface area contributed by atoms with Crippen LogP contribution in [0.2, 0.25) is 0 Å². The number of aromatic nitrogens is 2. The van der Waals surface area contributed by atoms with Gasteiger partial charge in [0.1, 0.15) is 5.75 Å². The molecule has 0 saturated heterocycles. The number of methoxy groups -OCH3 is 1. The summed E-state index contributed by atoms with van der Waals surface area (Å²) < 4.78 is 7.15. The molecule has 0 spiro atoms. The Morgan fingerprint density at radius 1 is 1.12 bits per heavy atom. The Morgan fingerprint density at radius 3 is 2.66 bits per heavy atom. The number of pyridine rings is 2. The minimum Gasteiger partial charge on any atom is -0.497 e. The molecule has 5 heteroatoms. The van der Waals surface area contributed by atoms with Crippen LogP contribution >= 0.6 is 0 Å². The van der Waals surface area contributed by atoms with Gasteiger partial charge in [0, 0.05) is 28.5 Å². The lowest BCUT2D eigenvalue weighted by Gasteiger charge is -2.21. The molecule has 1 aliphatic carbocycles. The zero-order valence-corrected chi connectivity index (χ0v) is 19.2. The molecular weight excluding hydrogens is 400 g/mol. The Labute approximate surface area is 188 Å². The molecule has 0 N–H and O–H groups in total. The number of hydrogen-bond donors (Lipinski definition) is 0. The highest BCUT2D eigenvalue weighted by molar-refractivity contribution is 5.98. The lowest BCUT2D eigenvalue weighted by molar-refractivity contribution is 0.0969. The van der Waals surface area contributed by atoms with Gasteiger partial charge in [0.25, 0.3) is 5.56 Å². The molecule has 3 heterocycles. The number of nitrogens with zero attached hydrogens (tertiary/aromatic N) is 2. The minimum absolute atomic E-state index is 0.0810. The van der Waals surface area contributed by atoms with Crippen molar-refractivity contribution < 1.29 is 9.53 Å². The molecule has 5 nitrogen and oxygen atoms in total. The quantitative estimate of drug-likeness (QED) is 0.387. The Balaban J connectivity index is 1.53. The van der Waals surface area contributed by atoms with Gasteiger partial charge in [-0.15, -0.1) is 0 Å². The van der Waals surface area contributed by atoms with Crippen LogP contribution < -0.4 is 10.3 Å². The van der Waals surface area contributed by atoms with Gasteiger partial charge in [0.2, 0.25) is 0 Å². The third kappa shape index (κ3) is 3.44. The largest absolute Gasteiger partial charge is 0.497 e. The first-order chi connectivity index (χ1) is 15.5. The minimum atomic E-state index is -0.0810. The molecule has 1 aromatic carbocycles. The molecule has 1 aliphatic heterocycles. The summed E-state index contributed by atoms with van der Waals surface area (Å²) in [5, 5.41) is 1.03. The topological polar surface area (TPSA) is 61.2 Å². The highest BCUT2D eigenvalue weighted by atomic mass is 16.5. The van der Waals surface area contributed by atoms with E-state index in [9.17, 15) is 9.59 Å². The molecule has 0 atom stereocenters. The maximum Gasteiger partial charge on any atom is 0.255 e. The summed E-state index contributed by atoms with van der Waals surface area (Å²) in [6, 6.07) is 7.76. The summed E-state index contributed by atoms with van der Waals surface area (Å²) >= 11 is 0. The van der Waals surface area contributed by atoms with E-state index < -0.39 is 0 Å². The zero-order valence-electron chi connectivity index (χ0n) is 19.2. The van der Waals surface area contributed by atoms with Crippen LogP contribution in [0, 0.1) is 19.8 Å². The summed E-state index contributed by atoms with van der Waals surface area (Å²) in [5.41, 5.74) is 5.65. The average molecular weight is 431 g/mol. The number of ketones is 1. The molecule has 0 radical (unpaired) electrons. The highest BCUT2D eigenvalue weighted by Crippen LogP contribution is 2.37. The van der Waals surface area contributed by atoms with Crippen molar-refractivity contribution in [2.24, 2.45) is 5.92 Å². The summed E-state index contributed by atoms with van der Waals surface area (Å²) in [7, 11) is 1.66. The van der Waals surface area contributed by atoms with Gasteiger partial charge in [-0.1, -0.05) is 32.1 Å². The summed E-state index contributed by atoms with van der Waals surface area (Å²) in [5.74, 6) is 1.53. The number of Topliss-reactive ketones (excluding diaryl/α,β-unsaturated/α-hetero) is 1. The van der Waals surface area contributed by atoms with E-state index in [1.807, 2.05) is 24.3 Å². The van der Waals surface area contributed by atoms with Crippen LogP contribution in [0.15, 0.2) is 29.1 Å². The first-order valence-electron chi connectivity index (χ1n) is 11.7. The van der Waals surface area contributed by atoms with Gasteiger partial charge < -0.3 is 9.30 Å². The number of aryl methyl sites for hydroxylation is 1. The van der Waals surface area contributed by atoms with Gasteiger partial charge in [-0.05, 0) is 56.0 Å². The fraction of sp³-hybridized carbons (Fsp3) is 0.444. The summed E-state index contributed by atoms with van der Waals surface area (Å²) in [6.07, 6.45) is 7.78. The predicted molar refractivity (Wildman–Crippen MR) is 127 cm³/mol. The van der Waals surface area contributed by atoms with Gasteiger partial charge in [-0.3, -0.25) is 9.59 Å². The number of fused-ring (bicyclic) bond motifs is 4. The van der Waals surface area contributed by atoms with E-state index in [-0.39, 0.29) is 11.3 Å². The second-order valence-corrected chi connectivity index (χ2v) is 9.37. The molecule has 0 unspecified atom stereocenters. The maximum absolute atomic E-state index is 13.2. The monoisotopic (exact) mass is 430 g/mol. The molecular formula is C27H30N2O3. The molecule has 32 heavy (non-hydrogen) atoms. The van der Waals surface area contributed by atoms with Crippen LogP contribution in [0.4, 0.5) is 0 Å². The fourth-order valence-electron chi connectivity index (χ4n) is 5.47. The normalized spacial score (nSPS) is 15.6. The third-order valence-corrected chi connectivity index (χ3v) is 7.48. The van der Waals surface area contributed by atoms with E-state index in [2.05, 4.69) is 6.92 Å². The van der Waals surface area contributed by atoms with E-state index in [1.54, 1.807) is 18.6 Å². The smallest absolute Gasteiger partial charge is 0.255 e. The molecule has 3 aromatic rings. The molecule has 166 valence electrons. The Morgan fingerprint density at radius 2 is 1.91 bits per heavy atom. The molecule has 0 bridgehead atoms. The van der Waals surface area contributed by atoms with Crippen LogP contribution in [0.5, 0.6) is 5.75 Å². The molecule has 2 aliphatic rings. The number of rotatable bonds is 5. The van der Waals surface area contributed by atoms with Crippen molar-refractivity contribution in [1.29, 1.82) is 0 Å². The standard InChI is InChI=1S/C27H30N2O3/c1-16-20-13-19(32-3)10-11-23(20)28-26-22(16)15-29-24(26)14-21(17(2)27(29)31)25(30)12-9-18-7-5-4-6-8-18/h10-11,13-14,18H,4-9,12,15H2,1-3H3. The van der Waals surface area contributed by atoms with E-state index in [1.165, 1.54) is 32.1 Å². The van der Waals surface area contributed by atoms with Crippen LogP contribution in [-0.4, -0.2) is 22.4 Å². The van der Waals surface area contributed by atoms with Crippen molar-refractivity contribution in [3.05, 3.63) is 56.9 Å². The summed E-state index contributed by atoms with van der Waals surface area (Å²) in [4.78, 5) is 31.3. The Kier molecular flexibility index (Phi) is 5.36. The predicted octanol–water partition coefficient (Wildman–Crippen LogP) is 5.59. The average Bonchev–Trinajstić information content (AvgIpc) is 3.19.